The maximum Gasteiger partial charge on any atom is 0.322 e. The number of aromatic hydroxyl groups is 1. The molecular formula is C20H13ClN2O5S2. The number of carboxylic acids is 1. The number of nitrogens with zero attached hydrogens (tertiary/aromatic N) is 1. The quantitative estimate of drug-likeness (QED) is 0.390. The minimum absolute atomic E-state index is 0.0165. The average molecular weight is 461 g/mol. The second-order valence-electron chi connectivity index (χ2n) is 6.22. The van der Waals surface area contributed by atoms with Crippen LogP contribution in [0.5, 0.6) is 5.75 Å². The SMILES string of the molecule is O=C(O)CNC(=O)c1nc(Cl)c2c(sc3ccc(S(=O)c4ccccc4)cc32)c1O. The van der Waals surface area contributed by atoms with Gasteiger partial charge >= 0.3 is 5.97 Å². The predicted molar refractivity (Wildman–Crippen MR) is 115 cm³/mol. The molecule has 1 amide bonds. The van der Waals surface area contributed by atoms with Crippen LogP contribution in [-0.2, 0) is 15.6 Å². The van der Waals surface area contributed by atoms with Gasteiger partial charge in [0, 0.05) is 25.3 Å². The van der Waals surface area contributed by atoms with E-state index in [2.05, 4.69) is 10.3 Å². The number of amides is 1. The zero-order chi connectivity index (χ0) is 21.4. The number of thiophene rings is 1. The van der Waals surface area contributed by atoms with Crippen LogP contribution in [0, 0.1) is 0 Å². The van der Waals surface area contributed by atoms with Crippen molar-refractivity contribution in [2.45, 2.75) is 9.79 Å². The van der Waals surface area contributed by atoms with Crippen molar-refractivity contribution in [2.75, 3.05) is 6.54 Å². The first kappa shape index (κ1) is 20.3. The molecule has 0 aliphatic carbocycles. The molecule has 2 aromatic heterocycles. The Morgan fingerprint density at radius 1 is 1.13 bits per heavy atom. The van der Waals surface area contributed by atoms with E-state index in [4.69, 9.17) is 16.7 Å². The van der Waals surface area contributed by atoms with Crippen molar-refractivity contribution < 1.29 is 24.0 Å². The first-order valence-corrected chi connectivity index (χ1v) is 10.9. The Labute approximate surface area is 181 Å². The summed E-state index contributed by atoms with van der Waals surface area (Å²) in [7, 11) is -1.40. The second kappa shape index (κ2) is 8.02. The van der Waals surface area contributed by atoms with Gasteiger partial charge < -0.3 is 15.5 Å². The number of carboxylic acid groups (broad SMARTS) is 1. The molecule has 4 rings (SSSR count). The highest BCUT2D eigenvalue weighted by Crippen LogP contribution is 2.43. The Bertz CT molecular complexity index is 1340. The summed E-state index contributed by atoms with van der Waals surface area (Å²) in [6.07, 6.45) is 0. The van der Waals surface area contributed by atoms with E-state index >= 15 is 0 Å². The van der Waals surface area contributed by atoms with Gasteiger partial charge in [0.1, 0.15) is 11.7 Å². The van der Waals surface area contributed by atoms with Crippen LogP contribution < -0.4 is 5.32 Å². The lowest BCUT2D eigenvalue weighted by Crippen LogP contribution is -2.30. The van der Waals surface area contributed by atoms with Crippen molar-refractivity contribution in [1.82, 2.24) is 10.3 Å². The zero-order valence-electron chi connectivity index (χ0n) is 15.1. The maximum absolute atomic E-state index is 12.9. The smallest absolute Gasteiger partial charge is 0.322 e. The fourth-order valence-corrected chi connectivity index (χ4v) is 5.52. The number of benzene rings is 2. The van der Waals surface area contributed by atoms with Crippen LogP contribution in [-0.4, -0.2) is 37.8 Å². The van der Waals surface area contributed by atoms with Crippen LogP contribution >= 0.6 is 22.9 Å². The van der Waals surface area contributed by atoms with Gasteiger partial charge in [-0.1, -0.05) is 29.8 Å². The van der Waals surface area contributed by atoms with Gasteiger partial charge in [0.05, 0.1) is 15.5 Å². The average Bonchev–Trinajstić information content (AvgIpc) is 3.14. The Morgan fingerprint density at radius 2 is 1.87 bits per heavy atom. The van der Waals surface area contributed by atoms with E-state index < -0.39 is 29.2 Å². The van der Waals surface area contributed by atoms with Crippen LogP contribution in [0.15, 0.2) is 58.3 Å². The number of aromatic nitrogens is 1. The molecule has 0 aliphatic heterocycles. The van der Waals surface area contributed by atoms with E-state index in [9.17, 15) is 18.9 Å². The molecule has 0 saturated heterocycles. The molecular weight excluding hydrogens is 448 g/mol. The highest BCUT2D eigenvalue weighted by molar-refractivity contribution is 7.85. The molecule has 0 saturated carbocycles. The summed E-state index contributed by atoms with van der Waals surface area (Å²) in [5.41, 5.74) is -0.353. The normalized spacial score (nSPS) is 12.2. The van der Waals surface area contributed by atoms with Gasteiger partial charge in [0.15, 0.2) is 11.4 Å². The van der Waals surface area contributed by atoms with Gasteiger partial charge in [-0.25, -0.2) is 9.19 Å². The summed E-state index contributed by atoms with van der Waals surface area (Å²) in [5.74, 6) is -2.46. The van der Waals surface area contributed by atoms with Gasteiger partial charge in [0.25, 0.3) is 5.91 Å². The molecule has 0 spiro atoms. The molecule has 2 heterocycles. The van der Waals surface area contributed by atoms with E-state index in [0.29, 0.717) is 25.3 Å². The van der Waals surface area contributed by atoms with E-state index in [0.717, 1.165) is 4.70 Å². The third kappa shape index (κ3) is 3.62. The molecule has 1 unspecified atom stereocenters. The fourth-order valence-electron chi connectivity index (χ4n) is 2.96. The molecule has 0 bridgehead atoms. The summed E-state index contributed by atoms with van der Waals surface area (Å²) in [5, 5.41) is 22.5. The van der Waals surface area contributed by atoms with E-state index in [1.165, 1.54) is 11.3 Å². The van der Waals surface area contributed by atoms with E-state index in [-0.39, 0.29) is 16.6 Å². The third-order valence-electron chi connectivity index (χ3n) is 4.30. The minimum Gasteiger partial charge on any atom is -0.504 e. The van der Waals surface area contributed by atoms with Gasteiger partial charge in [-0.3, -0.25) is 9.59 Å². The number of fused-ring (bicyclic) bond motifs is 3. The number of nitrogens with one attached hydrogen (secondary N) is 1. The van der Waals surface area contributed by atoms with Crippen molar-refractivity contribution in [3.8, 4) is 5.75 Å². The maximum atomic E-state index is 12.9. The molecule has 2 aromatic carbocycles. The molecule has 10 heteroatoms. The van der Waals surface area contributed by atoms with Gasteiger partial charge in [-0.15, -0.1) is 11.3 Å². The van der Waals surface area contributed by atoms with Crippen LogP contribution in [0.1, 0.15) is 10.5 Å². The predicted octanol–water partition coefficient (Wildman–Crippen LogP) is 3.79. The lowest BCUT2D eigenvalue weighted by Gasteiger charge is -2.06. The number of halogens is 1. The molecule has 1 atom stereocenters. The fraction of sp³-hybridized carbons (Fsp3) is 0.0500. The van der Waals surface area contributed by atoms with E-state index in [1.807, 2.05) is 18.2 Å². The topological polar surface area (TPSA) is 117 Å². The van der Waals surface area contributed by atoms with Gasteiger partial charge in [-0.2, -0.15) is 0 Å². The molecule has 4 aromatic rings. The minimum atomic E-state index is -1.40. The lowest BCUT2D eigenvalue weighted by atomic mass is 10.1. The summed E-state index contributed by atoms with van der Waals surface area (Å²) in [6, 6.07) is 14.2. The highest BCUT2D eigenvalue weighted by Gasteiger charge is 2.23. The molecule has 0 fully saturated rings. The molecule has 0 aliphatic rings. The first-order chi connectivity index (χ1) is 14.4. The monoisotopic (exact) mass is 460 g/mol. The zero-order valence-corrected chi connectivity index (χ0v) is 17.5. The molecule has 0 radical (unpaired) electrons. The number of hydrogen-bond acceptors (Lipinski definition) is 6. The van der Waals surface area contributed by atoms with Gasteiger partial charge in [0.2, 0.25) is 0 Å². The van der Waals surface area contributed by atoms with Crippen LogP contribution in [0.3, 0.4) is 0 Å². The first-order valence-electron chi connectivity index (χ1n) is 8.58. The number of hydrogen-bond donors (Lipinski definition) is 3. The summed E-state index contributed by atoms with van der Waals surface area (Å²) in [4.78, 5) is 28.0. The van der Waals surface area contributed by atoms with Gasteiger partial charge in [-0.05, 0) is 30.3 Å². The summed E-state index contributed by atoms with van der Waals surface area (Å²) >= 11 is 7.53. The Kier molecular flexibility index (Phi) is 5.42. The Morgan fingerprint density at radius 3 is 2.57 bits per heavy atom. The van der Waals surface area contributed by atoms with Crippen LogP contribution in [0.4, 0.5) is 0 Å². The van der Waals surface area contributed by atoms with Crippen molar-refractivity contribution >= 4 is 65.8 Å². The molecule has 7 nitrogen and oxygen atoms in total. The van der Waals surface area contributed by atoms with Crippen molar-refractivity contribution in [3.63, 3.8) is 0 Å². The van der Waals surface area contributed by atoms with E-state index in [1.54, 1.807) is 30.3 Å². The summed E-state index contributed by atoms with van der Waals surface area (Å²) in [6.45, 7) is -0.614. The number of carbonyl (C=O) groups is 2. The standard InChI is InChI=1S/C20H13ClN2O5S2/c21-19-15-12-8-11(30(28)10-4-2-1-3-5-10)6-7-13(12)29-18(15)17(26)16(23-19)20(27)22-9-14(24)25/h1-8,26H,9H2,(H,22,27)(H,24,25). The molecule has 30 heavy (non-hydrogen) atoms. The van der Waals surface area contributed by atoms with Crippen molar-refractivity contribution in [1.29, 1.82) is 0 Å². The Balaban J connectivity index is 1.83. The molecule has 3 N–H and O–H groups in total. The largest absolute Gasteiger partial charge is 0.504 e. The second-order valence-corrected chi connectivity index (χ2v) is 9.11. The number of aliphatic carboxylic acids is 1. The molecule has 152 valence electrons. The van der Waals surface area contributed by atoms with Crippen molar-refractivity contribution in [3.05, 3.63) is 59.4 Å². The number of pyridine rings is 1. The number of rotatable bonds is 5. The Hall–Kier alpha value is -3.01. The van der Waals surface area contributed by atoms with Crippen molar-refractivity contribution in [2.24, 2.45) is 0 Å². The lowest BCUT2D eigenvalue weighted by molar-refractivity contribution is -0.135. The number of carbonyl (C=O) groups excluding carboxylic acids is 1. The summed E-state index contributed by atoms with van der Waals surface area (Å²) < 4.78 is 14.0. The third-order valence-corrected chi connectivity index (χ3v) is 7.14. The van der Waals surface area contributed by atoms with Crippen LogP contribution in [0.25, 0.3) is 20.2 Å². The highest BCUT2D eigenvalue weighted by atomic mass is 35.5. The van der Waals surface area contributed by atoms with Crippen LogP contribution in [0.2, 0.25) is 5.15 Å².